The Kier molecular flexibility index (Phi) is 6.28. The summed E-state index contributed by atoms with van der Waals surface area (Å²) in [7, 11) is 4.28. The van der Waals surface area contributed by atoms with Gasteiger partial charge in [-0.1, -0.05) is 12.1 Å². The molecule has 3 aromatic heterocycles. The van der Waals surface area contributed by atoms with Crippen LogP contribution in [0.15, 0.2) is 36.5 Å². The zero-order chi connectivity index (χ0) is 23.8. The quantitative estimate of drug-likeness (QED) is 0.557. The summed E-state index contributed by atoms with van der Waals surface area (Å²) in [5.74, 6) is 1.07. The lowest BCUT2D eigenvalue weighted by Gasteiger charge is -2.37. The topological polar surface area (TPSA) is 63.7 Å². The molecular weight excluding hydrogens is 422 g/mol. The molecule has 2 atom stereocenters. The van der Waals surface area contributed by atoms with E-state index in [0.29, 0.717) is 24.3 Å². The Morgan fingerprint density at radius 2 is 2.03 bits per heavy atom. The molecular formula is C27H35N7. The molecule has 0 aromatic carbocycles. The number of pyridine rings is 2. The lowest BCUT2D eigenvalue weighted by molar-refractivity contribution is 0.124. The first-order valence-electron chi connectivity index (χ1n) is 12.5. The lowest BCUT2D eigenvalue weighted by Crippen LogP contribution is -2.37. The summed E-state index contributed by atoms with van der Waals surface area (Å²) in [6.07, 6.45) is 6.38. The standard InChI is InChI=1S/C27H35N7/c1-19(2)33(23-10-5-8-20-9-7-14-29-27(20)23)18-22-24(16-28)34-25(30-22)11-6-12-26(34)32-15-13-21(17-32)31(3)4/h6-7,9,11-12,14,19,21,23H,5,8,10,13,15,17-18H2,1-4H3/t21-,23+/m1/s1. The van der Waals surface area contributed by atoms with Gasteiger partial charge in [-0.25, -0.2) is 4.98 Å². The molecule has 0 spiro atoms. The van der Waals surface area contributed by atoms with Gasteiger partial charge in [0.15, 0.2) is 5.69 Å². The summed E-state index contributed by atoms with van der Waals surface area (Å²) in [5, 5.41) is 10.3. The number of likely N-dealkylation sites (N-methyl/N-ethyl adjacent to an activating group) is 1. The fourth-order valence-corrected chi connectivity index (χ4v) is 5.70. The van der Waals surface area contributed by atoms with Gasteiger partial charge >= 0.3 is 0 Å². The Morgan fingerprint density at radius 3 is 2.76 bits per heavy atom. The van der Waals surface area contributed by atoms with Gasteiger partial charge < -0.3 is 9.80 Å². The van der Waals surface area contributed by atoms with E-state index in [0.717, 1.165) is 55.9 Å². The molecule has 1 saturated heterocycles. The number of hydrogen-bond donors (Lipinski definition) is 0. The molecule has 0 saturated carbocycles. The van der Waals surface area contributed by atoms with E-state index >= 15 is 0 Å². The number of imidazole rings is 1. The van der Waals surface area contributed by atoms with Crippen LogP contribution < -0.4 is 4.90 Å². The van der Waals surface area contributed by atoms with Crippen LogP contribution in [0, 0.1) is 11.3 Å². The molecule has 0 amide bonds. The highest BCUT2D eigenvalue weighted by Crippen LogP contribution is 2.35. The molecule has 7 heteroatoms. The fourth-order valence-electron chi connectivity index (χ4n) is 5.70. The van der Waals surface area contributed by atoms with E-state index in [1.807, 2.05) is 18.3 Å². The monoisotopic (exact) mass is 457 g/mol. The highest BCUT2D eigenvalue weighted by atomic mass is 15.3. The van der Waals surface area contributed by atoms with Crippen LogP contribution in [0.4, 0.5) is 5.82 Å². The second kappa shape index (κ2) is 9.36. The number of anilines is 1. The Bertz CT molecular complexity index is 1210. The third kappa shape index (κ3) is 4.06. The number of hydrogen-bond acceptors (Lipinski definition) is 6. The van der Waals surface area contributed by atoms with Crippen molar-refractivity contribution in [3.8, 4) is 6.07 Å². The van der Waals surface area contributed by atoms with Crippen molar-refractivity contribution < 1.29 is 0 Å². The molecule has 0 radical (unpaired) electrons. The Hall–Kier alpha value is -2.95. The maximum Gasteiger partial charge on any atom is 0.150 e. The van der Waals surface area contributed by atoms with Crippen molar-refractivity contribution in [2.75, 3.05) is 32.1 Å². The van der Waals surface area contributed by atoms with Crippen molar-refractivity contribution in [1.82, 2.24) is 24.2 Å². The van der Waals surface area contributed by atoms with Crippen LogP contribution >= 0.6 is 0 Å². The molecule has 0 N–H and O–H groups in total. The fraction of sp³-hybridized carbons (Fsp3) is 0.519. The number of nitriles is 1. The van der Waals surface area contributed by atoms with Crippen LogP contribution in [-0.2, 0) is 13.0 Å². The third-order valence-electron chi connectivity index (χ3n) is 7.58. The molecule has 5 rings (SSSR count). The largest absolute Gasteiger partial charge is 0.356 e. The van der Waals surface area contributed by atoms with E-state index in [9.17, 15) is 5.26 Å². The van der Waals surface area contributed by atoms with Gasteiger partial charge in [0, 0.05) is 37.9 Å². The van der Waals surface area contributed by atoms with E-state index in [1.54, 1.807) is 0 Å². The third-order valence-corrected chi connectivity index (χ3v) is 7.58. The van der Waals surface area contributed by atoms with Crippen molar-refractivity contribution in [3.63, 3.8) is 0 Å². The van der Waals surface area contributed by atoms with Crippen molar-refractivity contribution in [2.45, 2.75) is 64.2 Å². The first-order valence-corrected chi connectivity index (χ1v) is 12.5. The maximum absolute atomic E-state index is 10.3. The highest BCUT2D eigenvalue weighted by molar-refractivity contribution is 5.57. The van der Waals surface area contributed by atoms with Crippen molar-refractivity contribution in [1.29, 1.82) is 5.26 Å². The number of fused-ring (bicyclic) bond motifs is 2. The van der Waals surface area contributed by atoms with Crippen LogP contribution in [0.25, 0.3) is 5.65 Å². The van der Waals surface area contributed by atoms with Gasteiger partial charge in [-0.05, 0) is 77.4 Å². The predicted octanol–water partition coefficient (Wildman–Crippen LogP) is 4.03. The SMILES string of the molecule is CC(C)N(Cc1nc2cccc(N3CC[C@@H](N(C)C)C3)n2c1C#N)[C@H]1CCCc2cccnc21. The first-order chi connectivity index (χ1) is 16.5. The van der Waals surface area contributed by atoms with Crippen LogP contribution in [-0.4, -0.2) is 63.4 Å². The average Bonchev–Trinajstić information content (AvgIpc) is 3.47. The van der Waals surface area contributed by atoms with Gasteiger partial charge in [0.05, 0.1) is 17.4 Å². The predicted molar refractivity (Wildman–Crippen MR) is 135 cm³/mol. The Balaban J connectivity index is 1.51. The van der Waals surface area contributed by atoms with Crippen LogP contribution in [0.5, 0.6) is 0 Å². The smallest absolute Gasteiger partial charge is 0.150 e. The zero-order valence-electron chi connectivity index (χ0n) is 20.8. The van der Waals surface area contributed by atoms with Gasteiger partial charge in [0.2, 0.25) is 0 Å². The van der Waals surface area contributed by atoms with Crippen molar-refractivity contribution >= 4 is 11.5 Å². The van der Waals surface area contributed by atoms with Crippen LogP contribution in [0.1, 0.15) is 61.8 Å². The van der Waals surface area contributed by atoms with Gasteiger partial charge in [-0.2, -0.15) is 5.26 Å². The highest BCUT2D eigenvalue weighted by Gasteiger charge is 2.31. The molecule has 1 aliphatic heterocycles. The molecule has 0 unspecified atom stereocenters. The van der Waals surface area contributed by atoms with Crippen LogP contribution in [0.2, 0.25) is 0 Å². The van der Waals surface area contributed by atoms with E-state index in [1.165, 1.54) is 11.3 Å². The van der Waals surface area contributed by atoms with Crippen molar-refractivity contribution in [3.05, 3.63) is 59.2 Å². The molecule has 2 aliphatic rings. The molecule has 34 heavy (non-hydrogen) atoms. The van der Waals surface area contributed by atoms with E-state index in [2.05, 4.69) is 71.3 Å². The number of aromatic nitrogens is 3. The molecule has 1 fully saturated rings. The average molecular weight is 458 g/mol. The summed E-state index contributed by atoms with van der Waals surface area (Å²) in [6.45, 7) is 7.06. The minimum Gasteiger partial charge on any atom is -0.356 e. The molecule has 0 bridgehead atoms. The molecule has 4 heterocycles. The number of rotatable bonds is 6. The zero-order valence-corrected chi connectivity index (χ0v) is 20.8. The van der Waals surface area contributed by atoms with Gasteiger partial charge in [0.25, 0.3) is 0 Å². The van der Waals surface area contributed by atoms with Crippen LogP contribution in [0.3, 0.4) is 0 Å². The Labute approximate surface area is 202 Å². The van der Waals surface area contributed by atoms with E-state index < -0.39 is 0 Å². The second-order valence-electron chi connectivity index (χ2n) is 10.2. The minimum absolute atomic E-state index is 0.250. The van der Waals surface area contributed by atoms with Gasteiger partial charge in [-0.3, -0.25) is 14.3 Å². The summed E-state index contributed by atoms with van der Waals surface area (Å²) in [5.41, 5.74) is 4.91. The lowest BCUT2D eigenvalue weighted by atomic mass is 9.90. The number of nitrogens with zero attached hydrogens (tertiary/aromatic N) is 7. The second-order valence-corrected chi connectivity index (χ2v) is 10.2. The molecule has 1 aliphatic carbocycles. The maximum atomic E-state index is 10.3. The van der Waals surface area contributed by atoms with Gasteiger partial charge in [-0.15, -0.1) is 0 Å². The molecule has 178 valence electrons. The molecule has 7 nitrogen and oxygen atoms in total. The summed E-state index contributed by atoms with van der Waals surface area (Å²) in [6, 6.07) is 14.0. The van der Waals surface area contributed by atoms with E-state index in [4.69, 9.17) is 9.97 Å². The molecule has 3 aromatic rings. The summed E-state index contributed by atoms with van der Waals surface area (Å²) < 4.78 is 2.07. The normalized spacial score (nSPS) is 20.5. The number of aryl methyl sites for hydroxylation is 1. The minimum atomic E-state index is 0.250. The summed E-state index contributed by atoms with van der Waals surface area (Å²) >= 11 is 0. The van der Waals surface area contributed by atoms with Crippen molar-refractivity contribution in [2.24, 2.45) is 0 Å². The van der Waals surface area contributed by atoms with Gasteiger partial charge in [0.1, 0.15) is 17.5 Å². The van der Waals surface area contributed by atoms with E-state index in [-0.39, 0.29) is 6.04 Å². The Morgan fingerprint density at radius 1 is 1.18 bits per heavy atom. The first kappa shape index (κ1) is 22.8. The summed E-state index contributed by atoms with van der Waals surface area (Å²) in [4.78, 5) is 16.9.